The number of hydroxylamine groups is 1. The Morgan fingerprint density at radius 1 is 1.38 bits per heavy atom. The molecule has 0 saturated carbocycles. The lowest BCUT2D eigenvalue weighted by Crippen LogP contribution is -2.20. The van der Waals surface area contributed by atoms with Crippen LogP contribution >= 0.6 is 23.2 Å². The monoisotopic (exact) mass is 221 g/mol. The van der Waals surface area contributed by atoms with Crippen molar-refractivity contribution in [2.24, 2.45) is 0 Å². The minimum atomic E-state index is -0.605. The molecule has 5 heteroatoms. The summed E-state index contributed by atoms with van der Waals surface area (Å²) in [6.45, 7) is -0.253. The van der Waals surface area contributed by atoms with Crippen molar-refractivity contribution in [3.63, 3.8) is 0 Å². The van der Waals surface area contributed by atoms with Gasteiger partial charge in [-0.2, -0.15) is 5.48 Å². The van der Waals surface area contributed by atoms with E-state index in [1.807, 2.05) is 5.48 Å². The van der Waals surface area contributed by atoms with E-state index in [1.54, 1.807) is 18.2 Å². The summed E-state index contributed by atoms with van der Waals surface area (Å²) >= 11 is 11.6. The Morgan fingerprint density at radius 3 is 2.62 bits per heavy atom. The summed E-state index contributed by atoms with van der Waals surface area (Å²) in [7, 11) is 0. The molecule has 72 valence electrons. The molecule has 0 fully saturated rings. The van der Waals surface area contributed by atoms with Crippen LogP contribution in [0.5, 0.6) is 0 Å². The van der Waals surface area contributed by atoms with Gasteiger partial charge >= 0.3 is 0 Å². The van der Waals surface area contributed by atoms with Crippen molar-refractivity contribution in [3.8, 4) is 0 Å². The Bertz CT molecular complexity index is 289. The van der Waals surface area contributed by atoms with Gasteiger partial charge in [-0.15, -0.1) is 0 Å². The highest BCUT2D eigenvalue weighted by Gasteiger charge is 2.13. The highest BCUT2D eigenvalue weighted by molar-refractivity contribution is 6.42. The second kappa shape index (κ2) is 4.79. The second-order valence-electron chi connectivity index (χ2n) is 2.51. The maximum absolute atomic E-state index is 8.87. The van der Waals surface area contributed by atoms with Crippen molar-refractivity contribution in [3.05, 3.63) is 33.8 Å². The van der Waals surface area contributed by atoms with Crippen molar-refractivity contribution >= 4 is 23.2 Å². The molecule has 0 aliphatic heterocycles. The number of benzene rings is 1. The normalized spacial score (nSPS) is 12.9. The van der Waals surface area contributed by atoms with E-state index >= 15 is 0 Å². The van der Waals surface area contributed by atoms with Crippen LogP contribution in [0.2, 0.25) is 10.0 Å². The Balaban J connectivity index is 3.05. The van der Waals surface area contributed by atoms with Gasteiger partial charge in [0.1, 0.15) is 0 Å². The number of aliphatic hydroxyl groups is 1. The first-order valence-electron chi connectivity index (χ1n) is 3.65. The lowest BCUT2D eigenvalue weighted by atomic mass is 10.1. The molecule has 0 heterocycles. The number of hydrogen-bond acceptors (Lipinski definition) is 3. The van der Waals surface area contributed by atoms with Gasteiger partial charge in [0.25, 0.3) is 0 Å². The zero-order valence-corrected chi connectivity index (χ0v) is 8.18. The van der Waals surface area contributed by atoms with Crippen LogP contribution in [-0.2, 0) is 0 Å². The van der Waals surface area contributed by atoms with E-state index in [1.165, 1.54) is 0 Å². The third-order valence-electron chi connectivity index (χ3n) is 1.70. The molecular formula is C8H9Cl2NO2. The average molecular weight is 222 g/mol. The van der Waals surface area contributed by atoms with Crippen LogP contribution < -0.4 is 5.48 Å². The number of rotatable bonds is 3. The molecule has 0 aromatic heterocycles. The first kappa shape index (κ1) is 10.8. The molecule has 0 spiro atoms. The van der Waals surface area contributed by atoms with E-state index < -0.39 is 6.04 Å². The second-order valence-corrected chi connectivity index (χ2v) is 3.29. The molecule has 1 rings (SSSR count). The van der Waals surface area contributed by atoms with Gasteiger partial charge in [-0.1, -0.05) is 35.3 Å². The average Bonchev–Trinajstić information content (AvgIpc) is 2.14. The minimum Gasteiger partial charge on any atom is -0.394 e. The summed E-state index contributed by atoms with van der Waals surface area (Å²) in [4.78, 5) is 0. The van der Waals surface area contributed by atoms with Crippen LogP contribution in [0.15, 0.2) is 18.2 Å². The summed E-state index contributed by atoms with van der Waals surface area (Å²) in [6.07, 6.45) is 0. The van der Waals surface area contributed by atoms with Gasteiger partial charge in [0.05, 0.1) is 22.7 Å². The molecule has 0 aliphatic carbocycles. The van der Waals surface area contributed by atoms with Crippen LogP contribution in [0.4, 0.5) is 0 Å². The van der Waals surface area contributed by atoms with Crippen molar-refractivity contribution in [2.45, 2.75) is 6.04 Å². The number of aliphatic hydroxyl groups excluding tert-OH is 1. The predicted octanol–water partition coefficient (Wildman–Crippen LogP) is 2.01. The van der Waals surface area contributed by atoms with E-state index in [9.17, 15) is 0 Å². The molecule has 1 atom stereocenters. The van der Waals surface area contributed by atoms with Crippen LogP contribution in [0, 0.1) is 0 Å². The van der Waals surface area contributed by atoms with E-state index in [-0.39, 0.29) is 6.61 Å². The molecule has 1 aromatic carbocycles. The fraction of sp³-hybridized carbons (Fsp3) is 0.250. The first-order valence-corrected chi connectivity index (χ1v) is 4.40. The SMILES string of the molecule is OCC(NO)c1cccc(Cl)c1Cl. The molecule has 0 radical (unpaired) electrons. The van der Waals surface area contributed by atoms with E-state index in [2.05, 4.69) is 0 Å². The third kappa shape index (κ3) is 2.33. The van der Waals surface area contributed by atoms with Crippen LogP contribution in [0.3, 0.4) is 0 Å². The molecule has 0 saturated heterocycles. The van der Waals surface area contributed by atoms with Crippen LogP contribution in [0.1, 0.15) is 11.6 Å². The van der Waals surface area contributed by atoms with Crippen LogP contribution in [0.25, 0.3) is 0 Å². The van der Waals surface area contributed by atoms with Gasteiger partial charge < -0.3 is 10.3 Å². The fourth-order valence-corrected chi connectivity index (χ4v) is 1.44. The molecule has 3 N–H and O–H groups in total. The molecule has 0 amide bonds. The summed E-state index contributed by atoms with van der Waals surface area (Å²) in [5.41, 5.74) is 2.51. The Hall–Kier alpha value is -0.320. The van der Waals surface area contributed by atoms with E-state index in [0.717, 1.165) is 0 Å². The molecule has 1 aromatic rings. The molecule has 0 bridgehead atoms. The van der Waals surface area contributed by atoms with E-state index in [0.29, 0.717) is 15.6 Å². The Morgan fingerprint density at radius 2 is 2.08 bits per heavy atom. The Kier molecular flexibility index (Phi) is 3.96. The molecule has 1 unspecified atom stereocenters. The number of halogens is 2. The van der Waals surface area contributed by atoms with Gasteiger partial charge in [-0.3, -0.25) is 0 Å². The van der Waals surface area contributed by atoms with Gasteiger partial charge in [0.15, 0.2) is 0 Å². The van der Waals surface area contributed by atoms with Crippen molar-refractivity contribution in [2.75, 3.05) is 6.61 Å². The fourth-order valence-electron chi connectivity index (χ4n) is 0.998. The van der Waals surface area contributed by atoms with E-state index in [4.69, 9.17) is 33.5 Å². The molecule has 0 aliphatic rings. The summed E-state index contributed by atoms with van der Waals surface area (Å²) in [5.74, 6) is 0. The third-order valence-corrected chi connectivity index (χ3v) is 2.53. The summed E-state index contributed by atoms with van der Waals surface area (Å²) in [5, 5.41) is 18.3. The van der Waals surface area contributed by atoms with Gasteiger partial charge in [-0.25, -0.2) is 0 Å². The standard InChI is InChI=1S/C8H9Cl2NO2/c9-6-3-1-2-5(8(6)10)7(4-12)11-13/h1-3,7,11-13H,4H2. The van der Waals surface area contributed by atoms with Crippen molar-refractivity contribution in [1.29, 1.82) is 0 Å². The molecular weight excluding hydrogens is 213 g/mol. The predicted molar refractivity (Wildman–Crippen MR) is 51.2 cm³/mol. The van der Waals surface area contributed by atoms with Crippen molar-refractivity contribution in [1.82, 2.24) is 5.48 Å². The topological polar surface area (TPSA) is 52.5 Å². The highest BCUT2D eigenvalue weighted by atomic mass is 35.5. The first-order chi connectivity index (χ1) is 6.20. The van der Waals surface area contributed by atoms with Gasteiger partial charge in [0.2, 0.25) is 0 Å². The maximum Gasteiger partial charge on any atom is 0.0814 e. The quantitative estimate of drug-likeness (QED) is 0.685. The lowest BCUT2D eigenvalue weighted by molar-refractivity contribution is 0.0906. The molecule has 13 heavy (non-hydrogen) atoms. The van der Waals surface area contributed by atoms with Crippen LogP contribution in [-0.4, -0.2) is 16.9 Å². The van der Waals surface area contributed by atoms with Crippen molar-refractivity contribution < 1.29 is 10.3 Å². The number of hydrogen-bond donors (Lipinski definition) is 3. The van der Waals surface area contributed by atoms with Gasteiger partial charge in [0, 0.05) is 0 Å². The Labute approximate surface area is 85.9 Å². The molecule has 3 nitrogen and oxygen atoms in total. The number of nitrogens with one attached hydrogen (secondary N) is 1. The summed E-state index contributed by atoms with van der Waals surface area (Å²) in [6, 6.07) is 4.41. The van der Waals surface area contributed by atoms with Gasteiger partial charge in [-0.05, 0) is 11.6 Å². The smallest absolute Gasteiger partial charge is 0.0814 e. The zero-order valence-electron chi connectivity index (χ0n) is 6.67. The minimum absolute atomic E-state index is 0.253. The summed E-state index contributed by atoms with van der Waals surface area (Å²) < 4.78 is 0. The largest absolute Gasteiger partial charge is 0.394 e. The maximum atomic E-state index is 8.87. The zero-order chi connectivity index (χ0) is 9.84. The highest BCUT2D eigenvalue weighted by Crippen LogP contribution is 2.29. The lowest BCUT2D eigenvalue weighted by Gasteiger charge is -2.14.